The van der Waals surface area contributed by atoms with Crippen molar-refractivity contribution in [1.29, 1.82) is 0 Å². The van der Waals surface area contributed by atoms with Gasteiger partial charge in [-0.05, 0) is 57.8 Å². The smallest absolute Gasteiger partial charge is 0.271 e. The summed E-state index contributed by atoms with van der Waals surface area (Å²) in [5.41, 5.74) is 1.90. The largest absolute Gasteiger partial charge is 0.325 e. The van der Waals surface area contributed by atoms with Crippen LogP contribution in [0.25, 0.3) is 5.69 Å². The lowest BCUT2D eigenvalue weighted by atomic mass is 10.2. The van der Waals surface area contributed by atoms with Crippen LogP contribution >= 0.6 is 23.4 Å². The van der Waals surface area contributed by atoms with Crippen molar-refractivity contribution in [3.8, 4) is 5.69 Å². The van der Waals surface area contributed by atoms with E-state index in [1.165, 1.54) is 23.9 Å². The number of aryl methyl sites for hydroxylation is 1. The molecular formula is C21H23ClN6O3S. The van der Waals surface area contributed by atoms with Crippen molar-refractivity contribution >= 4 is 40.6 Å². The standard InChI is InChI=1S/C21H23ClN6O3S/c1-13-5-8-17(28(30)31)11-18(13)23-19(29)12-32-21-25-24-20(14(2)26(3)4)27(21)16-9-6-15(22)7-10-16/h5-11,14H,12H2,1-4H3,(H,23,29). The summed E-state index contributed by atoms with van der Waals surface area (Å²) in [6, 6.07) is 11.6. The molecule has 1 atom stereocenters. The first-order chi connectivity index (χ1) is 15.2. The summed E-state index contributed by atoms with van der Waals surface area (Å²) in [4.78, 5) is 25.1. The highest BCUT2D eigenvalue weighted by Crippen LogP contribution is 2.28. The fraction of sp³-hybridized carbons (Fsp3) is 0.286. The number of nitro groups is 1. The van der Waals surface area contributed by atoms with Gasteiger partial charge in [0, 0.05) is 22.8 Å². The van der Waals surface area contributed by atoms with Gasteiger partial charge in [0.05, 0.1) is 22.4 Å². The van der Waals surface area contributed by atoms with Crippen LogP contribution < -0.4 is 5.32 Å². The van der Waals surface area contributed by atoms with Gasteiger partial charge in [-0.3, -0.25) is 24.4 Å². The van der Waals surface area contributed by atoms with Crippen LogP contribution in [0.4, 0.5) is 11.4 Å². The van der Waals surface area contributed by atoms with Crippen LogP contribution in [-0.4, -0.2) is 50.3 Å². The number of thioether (sulfide) groups is 1. The van der Waals surface area contributed by atoms with E-state index in [0.717, 1.165) is 17.1 Å². The third-order valence-electron chi connectivity index (χ3n) is 4.93. The predicted octanol–water partition coefficient (Wildman–Crippen LogP) is 4.49. The van der Waals surface area contributed by atoms with E-state index in [-0.39, 0.29) is 23.4 Å². The van der Waals surface area contributed by atoms with Gasteiger partial charge in [-0.15, -0.1) is 10.2 Å². The second-order valence-electron chi connectivity index (χ2n) is 7.39. The van der Waals surface area contributed by atoms with Gasteiger partial charge >= 0.3 is 0 Å². The fourth-order valence-corrected chi connectivity index (χ4v) is 3.77. The van der Waals surface area contributed by atoms with Crippen LogP contribution in [0.15, 0.2) is 47.6 Å². The molecule has 0 aliphatic heterocycles. The van der Waals surface area contributed by atoms with Crippen molar-refractivity contribution in [2.45, 2.75) is 25.0 Å². The number of rotatable bonds is 8. The summed E-state index contributed by atoms with van der Waals surface area (Å²) in [7, 11) is 3.90. The maximum atomic E-state index is 12.6. The topological polar surface area (TPSA) is 106 Å². The summed E-state index contributed by atoms with van der Waals surface area (Å²) < 4.78 is 1.90. The molecule has 1 aromatic heterocycles. The van der Waals surface area contributed by atoms with Crippen LogP contribution in [0.2, 0.25) is 5.02 Å². The predicted molar refractivity (Wildman–Crippen MR) is 126 cm³/mol. The van der Waals surface area contributed by atoms with Gasteiger partial charge in [-0.25, -0.2) is 0 Å². The number of carbonyl (C=O) groups is 1. The molecule has 1 amide bonds. The summed E-state index contributed by atoms with van der Waals surface area (Å²) in [5, 5.41) is 23.6. The molecule has 0 radical (unpaired) electrons. The molecule has 11 heteroatoms. The zero-order valence-electron chi connectivity index (χ0n) is 18.1. The highest BCUT2D eigenvalue weighted by Gasteiger charge is 2.22. The first-order valence-corrected chi connectivity index (χ1v) is 11.1. The maximum absolute atomic E-state index is 12.6. The van der Waals surface area contributed by atoms with Gasteiger partial charge in [-0.1, -0.05) is 29.4 Å². The Balaban J connectivity index is 1.82. The minimum atomic E-state index is -0.494. The highest BCUT2D eigenvalue weighted by atomic mass is 35.5. The van der Waals surface area contributed by atoms with E-state index < -0.39 is 4.92 Å². The molecule has 0 fully saturated rings. The Bertz CT molecular complexity index is 1130. The molecule has 3 aromatic rings. The summed E-state index contributed by atoms with van der Waals surface area (Å²) >= 11 is 7.27. The van der Waals surface area contributed by atoms with E-state index in [0.29, 0.717) is 15.9 Å². The van der Waals surface area contributed by atoms with E-state index in [9.17, 15) is 14.9 Å². The lowest BCUT2D eigenvalue weighted by Crippen LogP contribution is -2.21. The number of nitrogens with zero attached hydrogens (tertiary/aromatic N) is 5. The van der Waals surface area contributed by atoms with Crippen LogP contribution in [0.3, 0.4) is 0 Å². The quantitative estimate of drug-likeness (QED) is 0.291. The van der Waals surface area contributed by atoms with Crippen molar-refractivity contribution in [3.05, 3.63) is 69.0 Å². The Morgan fingerprint density at radius 3 is 2.56 bits per heavy atom. The number of hydrogen-bond donors (Lipinski definition) is 1. The molecule has 0 bridgehead atoms. The van der Waals surface area contributed by atoms with Crippen molar-refractivity contribution in [2.75, 3.05) is 25.2 Å². The lowest BCUT2D eigenvalue weighted by Gasteiger charge is -2.20. The number of aromatic nitrogens is 3. The van der Waals surface area contributed by atoms with Crippen molar-refractivity contribution < 1.29 is 9.72 Å². The zero-order chi connectivity index (χ0) is 23.4. The first-order valence-electron chi connectivity index (χ1n) is 9.72. The van der Waals surface area contributed by atoms with Crippen LogP contribution in [0, 0.1) is 17.0 Å². The molecule has 1 heterocycles. The molecule has 32 heavy (non-hydrogen) atoms. The molecule has 2 aromatic carbocycles. The molecule has 0 saturated carbocycles. The van der Waals surface area contributed by atoms with Gasteiger partial charge in [0.2, 0.25) is 5.91 Å². The number of non-ortho nitro benzene ring substituents is 1. The van der Waals surface area contributed by atoms with E-state index in [1.807, 2.05) is 42.6 Å². The van der Waals surface area contributed by atoms with Gasteiger partial charge in [0.1, 0.15) is 0 Å². The fourth-order valence-electron chi connectivity index (χ4n) is 2.88. The monoisotopic (exact) mass is 474 g/mol. The van der Waals surface area contributed by atoms with Crippen molar-refractivity contribution in [3.63, 3.8) is 0 Å². The van der Waals surface area contributed by atoms with Gasteiger partial charge < -0.3 is 5.32 Å². The number of amides is 1. The number of halogens is 1. The normalized spacial score (nSPS) is 12.1. The van der Waals surface area contributed by atoms with Crippen LogP contribution in [0.5, 0.6) is 0 Å². The van der Waals surface area contributed by atoms with Crippen molar-refractivity contribution in [2.24, 2.45) is 0 Å². The highest BCUT2D eigenvalue weighted by molar-refractivity contribution is 7.99. The summed E-state index contributed by atoms with van der Waals surface area (Å²) in [6.45, 7) is 3.79. The SMILES string of the molecule is Cc1ccc([N+](=O)[O-])cc1NC(=O)CSc1nnc(C(C)N(C)C)n1-c1ccc(Cl)cc1. The third-order valence-corrected chi connectivity index (χ3v) is 6.11. The lowest BCUT2D eigenvalue weighted by molar-refractivity contribution is -0.384. The molecule has 0 saturated heterocycles. The Morgan fingerprint density at radius 2 is 1.94 bits per heavy atom. The molecule has 0 aliphatic carbocycles. The second-order valence-corrected chi connectivity index (χ2v) is 8.76. The average Bonchev–Trinajstić information content (AvgIpc) is 3.17. The first kappa shape index (κ1) is 23.7. The minimum Gasteiger partial charge on any atom is -0.325 e. The van der Waals surface area contributed by atoms with Crippen LogP contribution in [0.1, 0.15) is 24.4 Å². The molecular weight excluding hydrogens is 452 g/mol. The molecule has 1 unspecified atom stereocenters. The summed E-state index contributed by atoms with van der Waals surface area (Å²) in [6.07, 6.45) is 0. The number of nitro benzene ring substituents is 1. The van der Waals surface area contributed by atoms with Gasteiger partial charge in [0.25, 0.3) is 5.69 Å². The van der Waals surface area contributed by atoms with E-state index >= 15 is 0 Å². The average molecular weight is 475 g/mol. The van der Waals surface area contributed by atoms with Gasteiger partial charge in [0.15, 0.2) is 11.0 Å². The molecule has 1 N–H and O–H groups in total. The second kappa shape index (κ2) is 10.1. The number of carbonyl (C=O) groups excluding carboxylic acids is 1. The van der Waals surface area contributed by atoms with E-state index in [2.05, 4.69) is 15.5 Å². The van der Waals surface area contributed by atoms with Crippen molar-refractivity contribution in [1.82, 2.24) is 19.7 Å². The molecule has 3 rings (SSSR count). The van der Waals surface area contributed by atoms with E-state index in [1.54, 1.807) is 25.1 Å². The number of benzene rings is 2. The number of anilines is 1. The Morgan fingerprint density at radius 1 is 1.25 bits per heavy atom. The van der Waals surface area contributed by atoms with E-state index in [4.69, 9.17) is 11.6 Å². The molecule has 0 aliphatic rings. The zero-order valence-corrected chi connectivity index (χ0v) is 19.6. The maximum Gasteiger partial charge on any atom is 0.271 e. The van der Waals surface area contributed by atoms with Crippen LogP contribution in [-0.2, 0) is 4.79 Å². The van der Waals surface area contributed by atoms with Gasteiger partial charge in [-0.2, -0.15) is 0 Å². The number of nitrogens with one attached hydrogen (secondary N) is 1. The summed E-state index contributed by atoms with van der Waals surface area (Å²) in [5.74, 6) is 0.491. The third kappa shape index (κ3) is 5.45. The Labute approximate surface area is 194 Å². The Hall–Kier alpha value is -2.95. The molecule has 9 nitrogen and oxygen atoms in total. The Kier molecular flexibility index (Phi) is 7.49. The molecule has 0 spiro atoms. The minimum absolute atomic E-state index is 0.0196. The molecule has 168 valence electrons. The number of hydrogen-bond acceptors (Lipinski definition) is 7.